The topological polar surface area (TPSA) is 55.4 Å². The van der Waals surface area contributed by atoms with E-state index in [1.165, 1.54) is 11.3 Å². The average Bonchev–Trinajstić information content (AvgIpc) is 2.70. The fraction of sp³-hybridized carbons (Fsp3) is 0.571. The molecule has 0 aromatic carbocycles. The van der Waals surface area contributed by atoms with E-state index >= 15 is 0 Å². The Morgan fingerprint density at radius 3 is 2.68 bits per heavy atom. The molecular formula is C14H21NO3S. The summed E-state index contributed by atoms with van der Waals surface area (Å²) in [6, 6.07) is 1.81. The summed E-state index contributed by atoms with van der Waals surface area (Å²) in [6.45, 7) is 7.93. The number of carbonyl (C=O) groups is 2. The number of ether oxygens (including phenoxy) is 1. The van der Waals surface area contributed by atoms with Crippen LogP contribution in [0, 0.1) is 12.8 Å². The van der Waals surface area contributed by atoms with Gasteiger partial charge < -0.3 is 10.1 Å². The van der Waals surface area contributed by atoms with Gasteiger partial charge in [-0.3, -0.25) is 4.79 Å². The number of hydrogen-bond donors (Lipinski definition) is 1. The lowest BCUT2D eigenvalue weighted by Gasteiger charge is -2.09. The van der Waals surface area contributed by atoms with Gasteiger partial charge in [0.1, 0.15) is 4.88 Å². The van der Waals surface area contributed by atoms with Crippen LogP contribution in [0.1, 0.15) is 48.8 Å². The van der Waals surface area contributed by atoms with Crippen molar-refractivity contribution in [1.82, 2.24) is 0 Å². The molecule has 1 aromatic rings. The van der Waals surface area contributed by atoms with Crippen LogP contribution in [0.15, 0.2) is 6.07 Å². The summed E-state index contributed by atoms with van der Waals surface area (Å²) < 4.78 is 4.97. The van der Waals surface area contributed by atoms with Crippen LogP contribution in [0.4, 0.5) is 5.00 Å². The van der Waals surface area contributed by atoms with Crippen molar-refractivity contribution in [1.29, 1.82) is 0 Å². The fourth-order valence-electron chi connectivity index (χ4n) is 1.75. The third-order valence-electron chi connectivity index (χ3n) is 2.79. The van der Waals surface area contributed by atoms with Gasteiger partial charge in [-0.15, -0.1) is 11.3 Å². The van der Waals surface area contributed by atoms with E-state index in [1.807, 2.05) is 19.9 Å². The second kappa shape index (κ2) is 7.28. The molecule has 0 radical (unpaired) electrons. The number of rotatable bonds is 6. The van der Waals surface area contributed by atoms with Gasteiger partial charge in [-0.1, -0.05) is 20.3 Å². The van der Waals surface area contributed by atoms with Crippen LogP contribution < -0.4 is 5.32 Å². The van der Waals surface area contributed by atoms with Crippen LogP contribution in [-0.4, -0.2) is 18.5 Å². The minimum Gasteiger partial charge on any atom is -0.462 e. The zero-order valence-electron chi connectivity index (χ0n) is 11.9. The van der Waals surface area contributed by atoms with Gasteiger partial charge >= 0.3 is 5.97 Å². The first kappa shape index (κ1) is 15.7. The molecule has 0 aliphatic rings. The second-order valence-corrected chi connectivity index (χ2v) is 5.57. The minimum atomic E-state index is -0.327. The first-order valence-corrected chi connectivity index (χ1v) is 7.39. The maximum Gasteiger partial charge on any atom is 0.348 e. The van der Waals surface area contributed by atoms with Crippen LogP contribution in [0.25, 0.3) is 0 Å². The molecule has 0 saturated carbocycles. The standard InChI is InChI=1S/C14H21NO3S/c1-5-7-9(3)13(16)15-11-8-10(4)12(19-11)14(17)18-6-2/h8-9H,5-7H2,1-4H3,(H,15,16). The van der Waals surface area contributed by atoms with E-state index in [-0.39, 0.29) is 17.8 Å². The van der Waals surface area contributed by atoms with E-state index in [4.69, 9.17) is 4.74 Å². The molecule has 1 N–H and O–H groups in total. The summed E-state index contributed by atoms with van der Waals surface area (Å²) in [7, 11) is 0. The minimum absolute atomic E-state index is 0.00138. The van der Waals surface area contributed by atoms with Crippen molar-refractivity contribution in [3.63, 3.8) is 0 Å². The van der Waals surface area contributed by atoms with Crippen molar-refractivity contribution in [2.75, 3.05) is 11.9 Å². The van der Waals surface area contributed by atoms with E-state index in [0.717, 1.165) is 18.4 Å². The normalized spacial score (nSPS) is 12.0. The third-order valence-corrected chi connectivity index (χ3v) is 3.93. The molecule has 0 aliphatic heterocycles. The molecule has 1 unspecified atom stereocenters. The van der Waals surface area contributed by atoms with Gasteiger partial charge in [-0.05, 0) is 31.9 Å². The number of anilines is 1. The molecule has 0 fully saturated rings. The molecule has 0 saturated heterocycles. The monoisotopic (exact) mass is 283 g/mol. The van der Waals surface area contributed by atoms with E-state index in [2.05, 4.69) is 12.2 Å². The van der Waals surface area contributed by atoms with Gasteiger partial charge in [0.05, 0.1) is 11.6 Å². The Hall–Kier alpha value is -1.36. The summed E-state index contributed by atoms with van der Waals surface area (Å²) >= 11 is 1.26. The molecule has 1 atom stereocenters. The lowest BCUT2D eigenvalue weighted by Crippen LogP contribution is -2.19. The van der Waals surface area contributed by atoms with Crippen LogP contribution in [0.5, 0.6) is 0 Å². The summed E-state index contributed by atoms with van der Waals surface area (Å²) in [4.78, 5) is 24.1. The van der Waals surface area contributed by atoms with Gasteiger partial charge in [-0.2, -0.15) is 0 Å². The number of amides is 1. The van der Waals surface area contributed by atoms with Crippen molar-refractivity contribution >= 4 is 28.2 Å². The number of carbonyl (C=O) groups excluding carboxylic acids is 2. The quantitative estimate of drug-likeness (QED) is 0.811. The smallest absolute Gasteiger partial charge is 0.348 e. The first-order chi connectivity index (χ1) is 8.99. The molecule has 1 rings (SSSR count). The number of hydrogen-bond acceptors (Lipinski definition) is 4. The van der Waals surface area contributed by atoms with E-state index in [9.17, 15) is 9.59 Å². The van der Waals surface area contributed by atoms with Crippen LogP contribution >= 0.6 is 11.3 Å². The Bertz CT molecular complexity index is 454. The SMILES string of the molecule is CCCC(C)C(=O)Nc1cc(C)c(C(=O)OCC)s1. The fourth-order valence-corrected chi connectivity index (χ4v) is 2.72. The number of esters is 1. The average molecular weight is 283 g/mol. The van der Waals surface area contributed by atoms with E-state index in [1.54, 1.807) is 6.92 Å². The molecule has 0 aliphatic carbocycles. The third kappa shape index (κ3) is 4.35. The molecule has 1 amide bonds. The Labute approximate surface area is 118 Å². The van der Waals surface area contributed by atoms with Gasteiger partial charge in [-0.25, -0.2) is 4.79 Å². The summed E-state index contributed by atoms with van der Waals surface area (Å²) in [5.41, 5.74) is 0.835. The number of aryl methyl sites for hydroxylation is 1. The van der Waals surface area contributed by atoms with Gasteiger partial charge in [0.2, 0.25) is 5.91 Å². The number of nitrogens with one attached hydrogen (secondary N) is 1. The predicted octanol–water partition coefficient (Wildman–Crippen LogP) is 3.61. The van der Waals surface area contributed by atoms with E-state index in [0.29, 0.717) is 16.5 Å². The molecule has 19 heavy (non-hydrogen) atoms. The summed E-state index contributed by atoms with van der Waals surface area (Å²) in [6.07, 6.45) is 1.84. The van der Waals surface area contributed by atoms with Gasteiger partial charge in [0, 0.05) is 5.92 Å². The maximum absolute atomic E-state index is 11.9. The zero-order valence-corrected chi connectivity index (χ0v) is 12.7. The number of thiophene rings is 1. The van der Waals surface area contributed by atoms with Crippen molar-refractivity contribution in [2.24, 2.45) is 5.92 Å². The summed E-state index contributed by atoms with van der Waals surface area (Å²) in [5.74, 6) is -0.343. The lowest BCUT2D eigenvalue weighted by atomic mass is 10.1. The molecule has 106 valence electrons. The molecule has 0 bridgehead atoms. The molecule has 4 nitrogen and oxygen atoms in total. The Balaban J connectivity index is 2.73. The molecule has 0 spiro atoms. The maximum atomic E-state index is 11.9. The molecule has 5 heteroatoms. The first-order valence-electron chi connectivity index (χ1n) is 6.58. The van der Waals surface area contributed by atoms with Crippen LogP contribution in [0.3, 0.4) is 0 Å². The van der Waals surface area contributed by atoms with Crippen molar-refractivity contribution in [2.45, 2.75) is 40.5 Å². The Kier molecular flexibility index (Phi) is 6.02. The van der Waals surface area contributed by atoms with Crippen LogP contribution in [0.2, 0.25) is 0 Å². The van der Waals surface area contributed by atoms with Crippen molar-refractivity contribution in [3.8, 4) is 0 Å². The van der Waals surface area contributed by atoms with Gasteiger partial charge in [0.25, 0.3) is 0 Å². The Morgan fingerprint density at radius 2 is 2.11 bits per heavy atom. The molecule has 1 aromatic heterocycles. The van der Waals surface area contributed by atoms with Crippen molar-refractivity contribution < 1.29 is 14.3 Å². The summed E-state index contributed by atoms with van der Waals surface area (Å²) in [5, 5.41) is 3.56. The van der Waals surface area contributed by atoms with Crippen molar-refractivity contribution in [3.05, 3.63) is 16.5 Å². The van der Waals surface area contributed by atoms with Crippen LogP contribution in [-0.2, 0) is 9.53 Å². The molecular weight excluding hydrogens is 262 g/mol. The van der Waals surface area contributed by atoms with E-state index < -0.39 is 0 Å². The Morgan fingerprint density at radius 1 is 1.42 bits per heavy atom. The highest BCUT2D eigenvalue weighted by Gasteiger charge is 2.17. The lowest BCUT2D eigenvalue weighted by molar-refractivity contribution is -0.119. The second-order valence-electron chi connectivity index (χ2n) is 4.52. The predicted molar refractivity (Wildman–Crippen MR) is 77.7 cm³/mol. The molecule has 1 heterocycles. The highest BCUT2D eigenvalue weighted by Crippen LogP contribution is 2.28. The highest BCUT2D eigenvalue weighted by atomic mass is 32.1. The highest BCUT2D eigenvalue weighted by molar-refractivity contribution is 7.18. The van der Waals surface area contributed by atoms with Gasteiger partial charge in [0.15, 0.2) is 0 Å². The zero-order chi connectivity index (χ0) is 14.4. The largest absolute Gasteiger partial charge is 0.462 e.